The molecular formula is C20H22N2O4S. The number of nitrogens with one attached hydrogen (secondary N) is 1. The summed E-state index contributed by atoms with van der Waals surface area (Å²) in [6.45, 7) is 3.65. The molecule has 2 aromatic rings. The van der Waals surface area contributed by atoms with Gasteiger partial charge in [-0.1, -0.05) is 24.6 Å². The van der Waals surface area contributed by atoms with Crippen LogP contribution in [0.15, 0.2) is 24.3 Å². The van der Waals surface area contributed by atoms with Crippen molar-refractivity contribution in [2.45, 2.75) is 33.1 Å². The van der Waals surface area contributed by atoms with Gasteiger partial charge in [-0.3, -0.25) is 9.59 Å². The topological polar surface area (TPSA) is 98.5 Å². The highest BCUT2D eigenvalue weighted by Gasteiger charge is 2.27. The Balaban J connectivity index is 1.66. The molecule has 1 aliphatic rings. The fourth-order valence-electron chi connectivity index (χ4n) is 3.17. The molecule has 1 aromatic heterocycles. The fraction of sp³-hybridized carbons (Fsp3) is 0.350. The van der Waals surface area contributed by atoms with Crippen molar-refractivity contribution in [2.24, 2.45) is 11.7 Å². The van der Waals surface area contributed by atoms with Gasteiger partial charge in [0.15, 0.2) is 6.61 Å². The number of hydrogen-bond acceptors (Lipinski definition) is 5. The van der Waals surface area contributed by atoms with E-state index in [-0.39, 0.29) is 0 Å². The number of carbonyl (C=O) groups is 3. The molecule has 2 amide bonds. The summed E-state index contributed by atoms with van der Waals surface area (Å²) < 4.78 is 5.06. The average molecular weight is 386 g/mol. The third kappa shape index (κ3) is 4.36. The molecule has 0 aliphatic heterocycles. The molecule has 1 atom stereocenters. The number of fused-ring (bicyclic) bond motifs is 1. The summed E-state index contributed by atoms with van der Waals surface area (Å²) in [6.07, 6.45) is 2.65. The Bertz CT molecular complexity index is 886. The molecule has 0 fully saturated rings. The van der Waals surface area contributed by atoms with Crippen LogP contribution in [0.2, 0.25) is 0 Å². The number of benzene rings is 1. The molecular weight excluding hydrogens is 364 g/mol. The molecule has 27 heavy (non-hydrogen) atoms. The molecule has 0 saturated carbocycles. The summed E-state index contributed by atoms with van der Waals surface area (Å²) >= 11 is 1.38. The molecule has 1 heterocycles. The first-order chi connectivity index (χ1) is 12.8. The predicted molar refractivity (Wildman–Crippen MR) is 104 cm³/mol. The number of ether oxygens (including phenoxy) is 1. The van der Waals surface area contributed by atoms with E-state index >= 15 is 0 Å². The minimum atomic E-state index is -0.570. The molecule has 0 saturated heterocycles. The van der Waals surface area contributed by atoms with E-state index in [0.29, 0.717) is 22.0 Å². The Morgan fingerprint density at radius 2 is 1.96 bits per heavy atom. The lowest BCUT2D eigenvalue weighted by atomic mass is 9.88. The van der Waals surface area contributed by atoms with Gasteiger partial charge in [-0.05, 0) is 49.8 Å². The molecule has 6 nitrogen and oxygen atoms in total. The molecule has 0 unspecified atom stereocenters. The second-order valence-electron chi connectivity index (χ2n) is 6.91. The van der Waals surface area contributed by atoms with Crippen LogP contribution >= 0.6 is 11.3 Å². The van der Waals surface area contributed by atoms with Crippen molar-refractivity contribution in [1.82, 2.24) is 0 Å². The number of carbonyl (C=O) groups excluding carboxylic acids is 3. The summed E-state index contributed by atoms with van der Waals surface area (Å²) in [6, 6.07) is 6.89. The summed E-state index contributed by atoms with van der Waals surface area (Å²) in [4.78, 5) is 37.2. The number of rotatable bonds is 5. The van der Waals surface area contributed by atoms with Crippen molar-refractivity contribution in [3.8, 4) is 0 Å². The highest BCUT2D eigenvalue weighted by Crippen LogP contribution is 2.39. The van der Waals surface area contributed by atoms with Gasteiger partial charge < -0.3 is 15.8 Å². The number of primary amides is 1. The first kappa shape index (κ1) is 19.1. The summed E-state index contributed by atoms with van der Waals surface area (Å²) in [5, 5.41) is 3.12. The van der Waals surface area contributed by atoms with E-state index in [1.807, 2.05) is 6.92 Å². The van der Waals surface area contributed by atoms with Crippen LogP contribution in [0.4, 0.5) is 5.00 Å². The minimum Gasteiger partial charge on any atom is -0.452 e. The number of aryl methyl sites for hydroxylation is 1. The van der Waals surface area contributed by atoms with E-state index in [4.69, 9.17) is 10.5 Å². The van der Waals surface area contributed by atoms with Crippen LogP contribution in [0.25, 0.3) is 0 Å². The standard InChI is InChI=1S/C20H22N2O4S/c1-11-3-6-13(7-4-11)20(25)26-10-16(23)22-19-17(18(21)24)14-8-5-12(2)9-15(14)27-19/h3-4,6-7,12H,5,8-10H2,1-2H3,(H2,21,24)(H,22,23)/t12-/m1/s1. The molecule has 0 radical (unpaired) electrons. The van der Waals surface area contributed by atoms with Crippen molar-refractivity contribution in [3.63, 3.8) is 0 Å². The van der Waals surface area contributed by atoms with Gasteiger partial charge in [-0.2, -0.15) is 0 Å². The molecule has 0 bridgehead atoms. The summed E-state index contributed by atoms with van der Waals surface area (Å²) in [5.41, 5.74) is 8.27. The van der Waals surface area contributed by atoms with E-state index in [0.717, 1.165) is 35.3 Å². The maximum atomic E-state index is 12.2. The average Bonchev–Trinajstić information content (AvgIpc) is 2.97. The van der Waals surface area contributed by atoms with Crippen molar-refractivity contribution >= 4 is 34.1 Å². The number of amides is 2. The van der Waals surface area contributed by atoms with Crippen LogP contribution in [0.1, 0.15) is 50.1 Å². The lowest BCUT2D eigenvalue weighted by molar-refractivity contribution is -0.119. The SMILES string of the molecule is Cc1ccc(C(=O)OCC(=O)Nc2sc3c(c2C(N)=O)CC[C@@H](C)C3)cc1. The smallest absolute Gasteiger partial charge is 0.338 e. The second kappa shape index (κ2) is 7.92. The van der Waals surface area contributed by atoms with Crippen LogP contribution in [0, 0.1) is 12.8 Å². The Morgan fingerprint density at radius 3 is 2.63 bits per heavy atom. The van der Waals surface area contributed by atoms with Crippen molar-refractivity contribution in [2.75, 3.05) is 11.9 Å². The van der Waals surface area contributed by atoms with Gasteiger partial charge in [0.25, 0.3) is 11.8 Å². The van der Waals surface area contributed by atoms with E-state index in [1.165, 1.54) is 11.3 Å². The van der Waals surface area contributed by atoms with E-state index < -0.39 is 24.4 Å². The number of esters is 1. The highest BCUT2D eigenvalue weighted by atomic mass is 32.1. The molecule has 0 spiro atoms. The molecule has 3 N–H and O–H groups in total. The van der Waals surface area contributed by atoms with Crippen molar-refractivity contribution in [3.05, 3.63) is 51.4 Å². The highest BCUT2D eigenvalue weighted by molar-refractivity contribution is 7.17. The van der Waals surface area contributed by atoms with Crippen LogP contribution < -0.4 is 11.1 Å². The number of anilines is 1. The van der Waals surface area contributed by atoms with Gasteiger partial charge in [0.1, 0.15) is 5.00 Å². The third-order valence-electron chi connectivity index (χ3n) is 4.63. The Morgan fingerprint density at radius 1 is 1.26 bits per heavy atom. The van der Waals surface area contributed by atoms with Crippen LogP contribution in [0.5, 0.6) is 0 Å². The summed E-state index contributed by atoms with van der Waals surface area (Å²) in [5.74, 6) is -1.07. The van der Waals surface area contributed by atoms with Gasteiger partial charge in [0.2, 0.25) is 0 Å². The normalized spacial score (nSPS) is 15.7. The lowest BCUT2D eigenvalue weighted by Gasteiger charge is -2.18. The van der Waals surface area contributed by atoms with E-state index in [2.05, 4.69) is 12.2 Å². The number of thiophene rings is 1. The predicted octanol–water partition coefficient (Wildman–Crippen LogP) is 3.08. The zero-order chi connectivity index (χ0) is 19.6. The maximum Gasteiger partial charge on any atom is 0.338 e. The second-order valence-corrected chi connectivity index (χ2v) is 8.02. The molecule has 142 valence electrons. The van der Waals surface area contributed by atoms with Gasteiger partial charge in [0.05, 0.1) is 11.1 Å². The van der Waals surface area contributed by atoms with E-state index in [1.54, 1.807) is 24.3 Å². The number of hydrogen-bond donors (Lipinski definition) is 2. The van der Waals surface area contributed by atoms with Crippen LogP contribution in [0.3, 0.4) is 0 Å². The first-order valence-corrected chi connectivity index (χ1v) is 9.64. The maximum absolute atomic E-state index is 12.2. The fourth-order valence-corrected chi connectivity index (χ4v) is 4.60. The monoisotopic (exact) mass is 386 g/mol. The zero-order valence-corrected chi connectivity index (χ0v) is 16.2. The van der Waals surface area contributed by atoms with Crippen molar-refractivity contribution in [1.29, 1.82) is 0 Å². The van der Waals surface area contributed by atoms with Gasteiger partial charge in [-0.15, -0.1) is 11.3 Å². The Labute approximate surface area is 161 Å². The Kier molecular flexibility index (Phi) is 5.60. The first-order valence-electron chi connectivity index (χ1n) is 8.83. The largest absolute Gasteiger partial charge is 0.452 e. The lowest BCUT2D eigenvalue weighted by Crippen LogP contribution is -2.23. The quantitative estimate of drug-likeness (QED) is 0.772. The third-order valence-corrected chi connectivity index (χ3v) is 5.80. The van der Waals surface area contributed by atoms with E-state index in [9.17, 15) is 14.4 Å². The number of nitrogens with two attached hydrogens (primary N) is 1. The summed E-state index contributed by atoms with van der Waals surface area (Å²) in [7, 11) is 0. The van der Waals surface area contributed by atoms with Gasteiger partial charge in [0, 0.05) is 4.88 Å². The zero-order valence-electron chi connectivity index (χ0n) is 15.3. The Hall–Kier alpha value is -2.67. The van der Waals surface area contributed by atoms with Gasteiger partial charge >= 0.3 is 5.97 Å². The van der Waals surface area contributed by atoms with Gasteiger partial charge in [-0.25, -0.2) is 4.79 Å². The molecule has 3 rings (SSSR count). The molecule has 7 heteroatoms. The van der Waals surface area contributed by atoms with Crippen LogP contribution in [-0.2, 0) is 22.4 Å². The minimum absolute atomic E-state index is 0.381. The molecule has 1 aliphatic carbocycles. The molecule has 1 aromatic carbocycles. The van der Waals surface area contributed by atoms with Crippen molar-refractivity contribution < 1.29 is 19.1 Å². The van der Waals surface area contributed by atoms with Crippen LogP contribution in [-0.4, -0.2) is 24.4 Å².